The Kier molecular flexibility index (Phi) is 2.36. The van der Waals surface area contributed by atoms with E-state index < -0.39 is 0 Å². The Bertz CT molecular complexity index is 267. The Morgan fingerprint density at radius 1 is 1.46 bits per heavy atom. The normalized spacial score (nSPS) is 19.6. The quantitative estimate of drug-likeness (QED) is 0.711. The van der Waals surface area contributed by atoms with Gasteiger partial charge < -0.3 is 14.8 Å². The minimum Gasteiger partial charge on any atom is -0.497 e. The van der Waals surface area contributed by atoms with Crippen LogP contribution in [0.5, 0.6) is 5.75 Å². The maximum Gasteiger partial charge on any atom is 0.119 e. The first kappa shape index (κ1) is 8.38. The highest BCUT2D eigenvalue weighted by Crippen LogP contribution is 2.16. The molecule has 0 aromatic heterocycles. The Morgan fingerprint density at radius 2 is 2.15 bits per heavy atom. The number of nitrogens with one attached hydrogen (secondary N) is 1. The molecule has 1 aliphatic rings. The Balaban J connectivity index is 1.88. The van der Waals surface area contributed by atoms with Gasteiger partial charge in [-0.25, -0.2) is 0 Å². The molecule has 0 radical (unpaired) electrons. The summed E-state index contributed by atoms with van der Waals surface area (Å²) in [7, 11) is 1.67. The molecule has 0 bridgehead atoms. The van der Waals surface area contributed by atoms with Crippen molar-refractivity contribution < 1.29 is 9.47 Å². The van der Waals surface area contributed by atoms with E-state index in [2.05, 4.69) is 5.32 Å². The van der Waals surface area contributed by atoms with Crippen molar-refractivity contribution in [3.05, 3.63) is 24.3 Å². The largest absolute Gasteiger partial charge is 0.497 e. The highest BCUT2D eigenvalue weighted by molar-refractivity contribution is 5.46. The van der Waals surface area contributed by atoms with E-state index in [-0.39, 0.29) is 0 Å². The second kappa shape index (κ2) is 3.66. The van der Waals surface area contributed by atoms with E-state index >= 15 is 0 Å². The smallest absolute Gasteiger partial charge is 0.119 e. The van der Waals surface area contributed by atoms with Gasteiger partial charge in [-0.3, -0.25) is 0 Å². The molecular formula is C10H13NO2. The monoisotopic (exact) mass is 179 g/mol. The molecule has 1 atom stereocenters. The van der Waals surface area contributed by atoms with E-state index in [1.54, 1.807) is 7.11 Å². The van der Waals surface area contributed by atoms with Crippen molar-refractivity contribution in [2.24, 2.45) is 0 Å². The molecule has 0 aliphatic carbocycles. The summed E-state index contributed by atoms with van der Waals surface area (Å²) in [4.78, 5) is 0. The van der Waals surface area contributed by atoms with Crippen LogP contribution in [0.25, 0.3) is 0 Å². The molecule has 1 saturated heterocycles. The Hall–Kier alpha value is -1.22. The maximum atomic E-state index is 5.09. The summed E-state index contributed by atoms with van der Waals surface area (Å²) in [6.45, 7) is 1.79. The minimum absolute atomic E-state index is 0.419. The number of anilines is 1. The Labute approximate surface area is 77.7 Å². The number of benzene rings is 1. The zero-order chi connectivity index (χ0) is 9.10. The van der Waals surface area contributed by atoms with Crippen molar-refractivity contribution in [2.75, 3.05) is 25.6 Å². The molecule has 1 aromatic carbocycles. The fourth-order valence-corrected chi connectivity index (χ4v) is 1.13. The van der Waals surface area contributed by atoms with E-state index in [1.165, 1.54) is 0 Å². The van der Waals surface area contributed by atoms with Gasteiger partial charge in [0.2, 0.25) is 0 Å². The van der Waals surface area contributed by atoms with E-state index in [9.17, 15) is 0 Å². The molecule has 1 N–H and O–H groups in total. The van der Waals surface area contributed by atoms with Crippen LogP contribution in [-0.2, 0) is 4.74 Å². The van der Waals surface area contributed by atoms with E-state index in [4.69, 9.17) is 9.47 Å². The lowest BCUT2D eigenvalue weighted by Crippen LogP contribution is -2.07. The van der Waals surface area contributed by atoms with Crippen LogP contribution in [0.2, 0.25) is 0 Å². The van der Waals surface area contributed by atoms with Gasteiger partial charge in [-0.2, -0.15) is 0 Å². The summed E-state index contributed by atoms with van der Waals surface area (Å²) in [5.41, 5.74) is 1.11. The van der Waals surface area contributed by atoms with Gasteiger partial charge in [0, 0.05) is 12.2 Å². The SMILES string of the molecule is COc1ccc(NCC2CO2)cc1. The molecule has 3 nitrogen and oxygen atoms in total. The molecule has 70 valence electrons. The molecule has 3 heteroatoms. The van der Waals surface area contributed by atoms with Crippen LogP contribution in [0.4, 0.5) is 5.69 Å². The predicted octanol–water partition coefficient (Wildman–Crippen LogP) is 1.51. The molecule has 2 rings (SSSR count). The lowest BCUT2D eigenvalue weighted by molar-refractivity contribution is 0.414. The fourth-order valence-electron chi connectivity index (χ4n) is 1.13. The first-order valence-corrected chi connectivity index (χ1v) is 4.38. The van der Waals surface area contributed by atoms with Crippen LogP contribution in [0, 0.1) is 0 Å². The maximum absolute atomic E-state index is 5.09. The van der Waals surface area contributed by atoms with Gasteiger partial charge in [0.1, 0.15) is 5.75 Å². The van der Waals surface area contributed by atoms with Crippen LogP contribution < -0.4 is 10.1 Å². The topological polar surface area (TPSA) is 33.8 Å². The molecule has 1 aliphatic heterocycles. The molecule has 1 unspecified atom stereocenters. The van der Waals surface area contributed by atoms with Gasteiger partial charge in [-0.1, -0.05) is 0 Å². The molecule has 0 spiro atoms. The van der Waals surface area contributed by atoms with Crippen LogP contribution in [-0.4, -0.2) is 26.4 Å². The third-order valence-electron chi connectivity index (χ3n) is 2.03. The van der Waals surface area contributed by atoms with Gasteiger partial charge in [0.25, 0.3) is 0 Å². The van der Waals surface area contributed by atoms with E-state index in [1.807, 2.05) is 24.3 Å². The molecule has 1 aromatic rings. The van der Waals surface area contributed by atoms with Crippen LogP contribution in [0.15, 0.2) is 24.3 Å². The number of epoxide rings is 1. The minimum atomic E-state index is 0.419. The number of methoxy groups -OCH3 is 1. The summed E-state index contributed by atoms with van der Waals surface area (Å²) in [6, 6.07) is 7.88. The fraction of sp³-hybridized carbons (Fsp3) is 0.400. The van der Waals surface area contributed by atoms with Crippen molar-refractivity contribution >= 4 is 5.69 Å². The highest BCUT2D eigenvalue weighted by Gasteiger charge is 2.21. The van der Waals surface area contributed by atoms with Crippen molar-refractivity contribution in [3.8, 4) is 5.75 Å². The molecule has 1 heterocycles. The second-order valence-electron chi connectivity index (χ2n) is 3.06. The molecule has 13 heavy (non-hydrogen) atoms. The van der Waals surface area contributed by atoms with Gasteiger partial charge in [-0.05, 0) is 24.3 Å². The number of hydrogen-bond acceptors (Lipinski definition) is 3. The molecule has 1 fully saturated rings. The van der Waals surface area contributed by atoms with Crippen molar-refractivity contribution in [1.29, 1.82) is 0 Å². The van der Waals surface area contributed by atoms with Crippen molar-refractivity contribution in [3.63, 3.8) is 0 Å². The number of hydrogen-bond donors (Lipinski definition) is 1. The van der Waals surface area contributed by atoms with E-state index in [0.29, 0.717) is 6.10 Å². The molecule has 0 saturated carbocycles. The van der Waals surface area contributed by atoms with Crippen molar-refractivity contribution in [2.45, 2.75) is 6.10 Å². The van der Waals surface area contributed by atoms with Crippen molar-refractivity contribution in [1.82, 2.24) is 0 Å². The van der Waals surface area contributed by atoms with Crippen LogP contribution in [0.1, 0.15) is 0 Å². The average Bonchev–Trinajstić information content (AvgIpc) is 2.99. The van der Waals surface area contributed by atoms with E-state index in [0.717, 1.165) is 24.6 Å². The number of rotatable bonds is 4. The Morgan fingerprint density at radius 3 is 2.69 bits per heavy atom. The second-order valence-corrected chi connectivity index (χ2v) is 3.06. The summed E-state index contributed by atoms with van der Waals surface area (Å²) in [6.07, 6.45) is 0.419. The average molecular weight is 179 g/mol. The summed E-state index contributed by atoms with van der Waals surface area (Å²) >= 11 is 0. The summed E-state index contributed by atoms with van der Waals surface area (Å²) < 4.78 is 10.1. The van der Waals surface area contributed by atoms with Gasteiger partial charge in [0.15, 0.2) is 0 Å². The first-order chi connectivity index (χ1) is 6.38. The van der Waals surface area contributed by atoms with Gasteiger partial charge in [-0.15, -0.1) is 0 Å². The van der Waals surface area contributed by atoms with Gasteiger partial charge >= 0.3 is 0 Å². The number of ether oxygens (including phenoxy) is 2. The lowest BCUT2D eigenvalue weighted by Gasteiger charge is -2.04. The zero-order valence-corrected chi connectivity index (χ0v) is 7.62. The molecule has 0 amide bonds. The lowest BCUT2D eigenvalue weighted by atomic mass is 10.3. The van der Waals surface area contributed by atoms with Crippen LogP contribution >= 0.6 is 0 Å². The third-order valence-corrected chi connectivity index (χ3v) is 2.03. The standard InChI is InChI=1S/C10H13NO2/c1-12-9-4-2-8(3-5-9)11-6-10-7-13-10/h2-5,10-11H,6-7H2,1H3. The predicted molar refractivity (Wildman–Crippen MR) is 51.2 cm³/mol. The zero-order valence-electron chi connectivity index (χ0n) is 7.62. The first-order valence-electron chi connectivity index (χ1n) is 4.38. The molecular weight excluding hydrogens is 166 g/mol. The highest BCUT2D eigenvalue weighted by atomic mass is 16.6. The van der Waals surface area contributed by atoms with Crippen LogP contribution in [0.3, 0.4) is 0 Å². The van der Waals surface area contributed by atoms with Gasteiger partial charge in [0.05, 0.1) is 19.8 Å². The summed E-state index contributed by atoms with van der Waals surface area (Å²) in [5, 5.41) is 3.28. The third kappa shape index (κ3) is 2.36. The summed E-state index contributed by atoms with van der Waals surface area (Å²) in [5.74, 6) is 0.883.